The van der Waals surface area contributed by atoms with Crippen molar-refractivity contribution in [2.45, 2.75) is 18.7 Å². The van der Waals surface area contributed by atoms with Crippen LogP contribution in [0.1, 0.15) is 18.1 Å². The molecule has 2 aromatic rings. The minimum atomic E-state index is -3.74. The van der Waals surface area contributed by atoms with E-state index in [1.807, 2.05) is 31.2 Å². The standard InChI is InChI=1S/C16H17N3O3S/c1-12-3-5-14(6-4-12)11-17-19-23(21,22)16-9-7-15(8-10-16)18-13(2)20/h3-11,19H,1-2H3,(H,18,20)/b17-11-. The van der Waals surface area contributed by atoms with Crippen LogP contribution in [0.5, 0.6) is 0 Å². The van der Waals surface area contributed by atoms with Gasteiger partial charge in [-0.05, 0) is 36.8 Å². The number of hydrogen-bond acceptors (Lipinski definition) is 4. The molecule has 0 heterocycles. The van der Waals surface area contributed by atoms with Gasteiger partial charge in [-0.1, -0.05) is 29.8 Å². The molecule has 2 rings (SSSR count). The normalized spacial score (nSPS) is 11.4. The van der Waals surface area contributed by atoms with Crippen LogP contribution in [0.2, 0.25) is 0 Å². The Hall–Kier alpha value is -2.67. The number of hydrogen-bond donors (Lipinski definition) is 2. The van der Waals surface area contributed by atoms with E-state index in [-0.39, 0.29) is 10.8 Å². The quantitative estimate of drug-likeness (QED) is 0.651. The van der Waals surface area contributed by atoms with Crippen LogP contribution in [-0.2, 0) is 14.8 Å². The Morgan fingerprint density at radius 1 is 1.04 bits per heavy atom. The second-order valence-corrected chi connectivity index (χ2v) is 6.63. The number of nitrogens with one attached hydrogen (secondary N) is 2. The first-order valence-corrected chi connectivity index (χ1v) is 8.34. The molecule has 23 heavy (non-hydrogen) atoms. The van der Waals surface area contributed by atoms with E-state index in [0.717, 1.165) is 11.1 Å². The number of carbonyl (C=O) groups is 1. The average Bonchev–Trinajstić information content (AvgIpc) is 2.49. The zero-order valence-corrected chi connectivity index (χ0v) is 13.6. The predicted molar refractivity (Wildman–Crippen MR) is 89.8 cm³/mol. The summed E-state index contributed by atoms with van der Waals surface area (Å²) in [6.07, 6.45) is 1.43. The maximum absolute atomic E-state index is 12.1. The van der Waals surface area contributed by atoms with Crippen molar-refractivity contribution >= 4 is 27.8 Å². The zero-order valence-electron chi connectivity index (χ0n) is 12.8. The van der Waals surface area contributed by atoms with Gasteiger partial charge >= 0.3 is 0 Å². The molecule has 6 nitrogen and oxygen atoms in total. The van der Waals surface area contributed by atoms with Crippen LogP contribution in [0, 0.1) is 6.92 Å². The van der Waals surface area contributed by atoms with Crippen molar-refractivity contribution in [1.82, 2.24) is 4.83 Å². The highest BCUT2D eigenvalue weighted by molar-refractivity contribution is 7.89. The van der Waals surface area contributed by atoms with Crippen LogP contribution in [0.25, 0.3) is 0 Å². The fourth-order valence-electron chi connectivity index (χ4n) is 1.80. The smallest absolute Gasteiger partial charge is 0.276 e. The van der Waals surface area contributed by atoms with Gasteiger partial charge < -0.3 is 5.32 Å². The molecule has 0 aliphatic rings. The monoisotopic (exact) mass is 331 g/mol. The van der Waals surface area contributed by atoms with Gasteiger partial charge in [0.2, 0.25) is 5.91 Å². The maximum Gasteiger partial charge on any atom is 0.276 e. The van der Waals surface area contributed by atoms with E-state index in [1.54, 1.807) is 0 Å². The topological polar surface area (TPSA) is 87.6 Å². The Kier molecular flexibility index (Phi) is 5.13. The van der Waals surface area contributed by atoms with Crippen LogP contribution >= 0.6 is 0 Å². The molecule has 1 amide bonds. The van der Waals surface area contributed by atoms with Gasteiger partial charge in [-0.2, -0.15) is 13.5 Å². The van der Waals surface area contributed by atoms with Crippen LogP contribution in [0.15, 0.2) is 58.5 Å². The summed E-state index contributed by atoms with van der Waals surface area (Å²) >= 11 is 0. The van der Waals surface area contributed by atoms with Crippen molar-refractivity contribution in [1.29, 1.82) is 0 Å². The highest BCUT2D eigenvalue weighted by atomic mass is 32.2. The van der Waals surface area contributed by atoms with E-state index >= 15 is 0 Å². The lowest BCUT2D eigenvalue weighted by molar-refractivity contribution is -0.114. The third-order valence-electron chi connectivity index (χ3n) is 2.95. The lowest BCUT2D eigenvalue weighted by Gasteiger charge is -2.05. The molecule has 0 unspecified atom stereocenters. The molecule has 2 aromatic carbocycles. The van der Waals surface area contributed by atoms with Crippen molar-refractivity contribution in [2.75, 3.05) is 5.32 Å². The summed E-state index contributed by atoms with van der Waals surface area (Å²) in [4.78, 5) is 13.1. The molecule has 7 heteroatoms. The number of carbonyl (C=O) groups excluding carboxylic acids is 1. The number of benzene rings is 2. The largest absolute Gasteiger partial charge is 0.326 e. The number of aryl methyl sites for hydroxylation is 1. The summed E-state index contributed by atoms with van der Waals surface area (Å²) in [6.45, 7) is 3.35. The van der Waals surface area contributed by atoms with Gasteiger partial charge in [-0.25, -0.2) is 4.83 Å². The molecule has 0 spiro atoms. The van der Waals surface area contributed by atoms with Gasteiger partial charge in [0, 0.05) is 12.6 Å². The first-order valence-electron chi connectivity index (χ1n) is 6.86. The zero-order chi connectivity index (χ0) is 16.9. The van der Waals surface area contributed by atoms with Crippen LogP contribution in [-0.4, -0.2) is 20.5 Å². The SMILES string of the molecule is CC(=O)Nc1ccc(S(=O)(=O)N/N=C\c2ccc(C)cc2)cc1. The number of amides is 1. The van der Waals surface area contributed by atoms with Crippen molar-refractivity contribution in [2.24, 2.45) is 5.10 Å². The molecular formula is C16H17N3O3S. The van der Waals surface area contributed by atoms with Gasteiger partial charge in [-0.3, -0.25) is 4.79 Å². The van der Waals surface area contributed by atoms with Crippen molar-refractivity contribution in [3.8, 4) is 0 Å². The highest BCUT2D eigenvalue weighted by Crippen LogP contribution is 2.13. The Labute approximate surface area is 135 Å². The lowest BCUT2D eigenvalue weighted by Crippen LogP contribution is -2.18. The second-order valence-electron chi connectivity index (χ2n) is 4.97. The molecule has 2 N–H and O–H groups in total. The van der Waals surface area contributed by atoms with Crippen LogP contribution < -0.4 is 10.1 Å². The minimum absolute atomic E-state index is 0.0626. The molecule has 0 saturated heterocycles. The van der Waals surface area contributed by atoms with Crippen LogP contribution in [0.4, 0.5) is 5.69 Å². The predicted octanol–water partition coefficient (Wildman–Crippen LogP) is 2.27. The summed E-state index contributed by atoms with van der Waals surface area (Å²) < 4.78 is 24.2. The number of hydrazone groups is 1. The molecular weight excluding hydrogens is 314 g/mol. The van der Waals surface area contributed by atoms with Gasteiger partial charge in [0.15, 0.2) is 0 Å². The van der Waals surface area contributed by atoms with Gasteiger partial charge in [-0.15, -0.1) is 0 Å². The molecule has 0 atom stereocenters. The molecule has 0 bridgehead atoms. The van der Waals surface area contributed by atoms with Crippen LogP contribution in [0.3, 0.4) is 0 Å². The summed E-state index contributed by atoms with van der Waals surface area (Å²) in [7, 11) is -3.74. The van der Waals surface area contributed by atoms with E-state index < -0.39 is 10.0 Å². The molecule has 0 saturated carbocycles. The Morgan fingerprint density at radius 2 is 1.65 bits per heavy atom. The summed E-state index contributed by atoms with van der Waals surface area (Å²) in [5.74, 6) is -0.221. The Balaban J connectivity index is 2.06. The van der Waals surface area contributed by atoms with Gasteiger partial charge in [0.25, 0.3) is 10.0 Å². The summed E-state index contributed by atoms with van der Waals surface area (Å²) in [6, 6.07) is 13.3. The fraction of sp³-hybridized carbons (Fsp3) is 0.125. The first-order chi connectivity index (χ1) is 10.9. The van der Waals surface area contributed by atoms with Gasteiger partial charge in [0.1, 0.15) is 0 Å². The van der Waals surface area contributed by atoms with Crippen molar-refractivity contribution < 1.29 is 13.2 Å². The Bertz CT molecular complexity index is 811. The van der Waals surface area contributed by atoms with E-state index in [4.69, 9.17) is 0 Å². The first kappa shape index (κ1) is 16.7. The molecule has 120 valence electrons. The van der Waals surface area contributed by atoms with E-state index in [0.29, 0.717) is 5.69 Å². The van der Waals surface area contributed by atoms with Gasteiger partial charge in [0.05, 0.1) is 11.1 Å². The number of rotatable bonds is 5. The molecule has 0 radical (unpaired) electrons. The molecule has 0 aliphatic carbocycles. The third kappa shape index (κ3) is 4.93. The lowest BCUT2D eigenvalue weighted by atomic mass is 10.2. The van der Waals surface area contributed by atoms with E-state index in [9.17, 15) is 13.2 Å². The number of sulfonamides is 1. The molecule has 0 aliphatic heterocycles. The summed E-state index contributed by atoms with van der Waals surface area (Å²) in [5.41, 5.74) is 2.43. The van der Waals surface area contributed by atoms with E-state index in [2.05, 4.69) is 15.2 Å². The average molecular weight is 331 g/mol. The summed E-state index contributed by atoms with van der Waals surface area (Å²) in [5, 5.41) is 6.33. The fourth-order valence-corrected chi connectivity index (χ4v) is 2.59. The number of nitrogens with zero attached hydrogens (tertiary/aromatic N) is 1. The van der Waals surface area contributed by atoms with Crippen molar-refractivity contribution in [3.05, 3.63) is 59.7 Å². The second kappa shape index (κ2) is 7.06. The number of anilines is 1. The third-order valence-corrected chi connectivity index (χ3v) is 4.19. The van der Waals surface area contributed by atoms with Crippen molar-refractivity contribution in [3.63, 3.8) is 0 Å². The minimum Gasteiger partial charge on any atom is -0.326 e. The van der Waals surface area contributed by atoms with E-state index in [1.165, 1.54) is 37.4 Å². The Morgan fingerprint density at radius 3 is 2.22 bits per heavy atom. The molecule has 0 fully saturated rings. The molecule has 0 aromatic heterocycles. The highest BCUT2D eigenvalue weighted by Gasteiger charge is 2.12. The maximum atomic E-state index is 12.1.